The summed E-state index contributed by atoms with van der Waals surface area (Å²) in [7, 11) is 0. The Labute approximate surface area is 136 Å². The van der Waals surface area contributed by atoms with Crippen molar-refractivity contribution in [3.8, 4) is 5.75 Å². The van der Waals surface area contributed by atoms with Crippen LogP contribution in [0, 0.1) is 6.92 Å². The van der Waals surface area contributed by atoms with E-state index >= 15 is 0 Å². The van der Waals surface area contributed by atoms with Crippen LogP contribution >= 0.6 is 31.9 Å². The molecule has 0 aromatic heterocycles. The van der Waals surface area contributed by atoms with Gasteiger partial charge in [-0.25, -0.2) is 0 Å². The van der Waals surface area contributed by atoms with Crippen molar-refractivity contribution in [3.63, 3.8) is 0 Å². The molecule has 20 heavy (non-hydrogen) atoms. The highest BCUT2D eigenvalue weighted by molar-refractivity contribution is 9.11. The highest BCUT2D eigenvalue weighted by atomic mass is 79.9. The Morgan fingerprint density at radius 3 is 2.20 bits per heavy atom. The first kappa shape index (κ1) is 15.4. The van der Waals surface area contributed by atoms with Crippen molar-refractivity contribution in [1.29, 1.82) is 0 Å². The SMILES string of the molecule is CCOc1c(Br)cc(CNc2ccc(C)cc2)cc1Br. The maximum absolute atomic E-state index is 5.58. The van der Waals surface area contributed by atoms with Gasteiger partial charge in [0.1, 0.15) is 5.75 Å². The summed E-state index contributed by atoms with van der Waals surface area (Å²) in [5.74, 6) is 0.853. The monoisotopic (exact) mass is 397 g/mol. The number of nitrogens with one attached hydrogen (secondary N) is 1. The largest absolute Gasteiger partial charge is 0.492 e. The molecule has 0 saturated heterocycles. The normalized spacial score (nSPS) is 10.4. The molecule has 2 aromatic rings. The Morgan fingerprint density at radius 2 is 1.65 bits per heavy atom. The predicted molar refractivity (Wildman–Crippen MR) is 91.5 cm³/mol. The summed E-state index contributed by atoms with van der Waals surface area (Å²) >= 11 is 7.10. The molecule has 2 rings (SSSR count). The van der Waals surface area contributed by atoms with Crippen LogP contribution in [0.3, 0.4) is 0 Å². The zero-order chi connectivity index (χ0) is 14.5. The third-order valence-electron chi connectivity index (χ3n) is 2.89. The molecule has 0 fully saturated rings. The van der Waals surface area contributed by atoms with Gasteiger partial charge in [-0.05, 0) is 75.5 Å². The van der Waals surface area contributed by atoms with E-state index in [1.807, 2.05) is 6.92 Å². The zero-order valence-electron chi connectivity index (χ0n) is 11.5. The first-order valence-electron chi connectivity index (χ1n) is 6.51. The molecular weight excluding hydrogens is 382 g/mol. The van der Waals surface area contributed by atoms with Gasteiger partial charge in [0, 0.05) is 12.2 Å². The summed E-state index contributed by atoms with van der Waals surface area (Å²) in [6.45, 7) is 5.49. The zero-order valence-corrected chi connectivity index (χ0v) is 14.7. The van der Waals surface area contributed by atoms with Crippen molar-refractivity contribution in [2.45, 2.75) is 20.4 Å². The molecule has 2 aromatic carbocycles. The molecule has 106 valence electrons. The molecule has 0 aliphatic heterocycles. The van der Waals surface area contributed by atoms with Crippen molar-refractivity contribution >= 4 is 37.5 Å². The number of aryl methyl sites for hydroxylation is 1. The average molecular weight is 399 g/mol. The molecule has 0 spiro atoms. The van der Waals surface area contributed by atoms with E-state index in [9.17, 15) is 0 Å². The van der Waals surface area contributed by atoms with Crippen molar-refractivity contribution < 1.29 is 4.74 Å². The molecule has 0 amide bonds. The highest BCUT2D eigenvalue weighted by Gasteiger charge is 2.08. The van der Waals surface area contributed by atoms with E-state index in [4.69, 9.17) is 4.74 Å². The second-order valence-electron chi connectivity index (χ2n) is 4.54. The van der Waals surface area contributed by atoms with Gasteiger partial charge in [-0.3, -0.25) is 0 Å². The van der Waals surface area contributed by atoms with E-state index in [1.54, 1.807) is 0 Å². The molecule has 1 N–H and O–H groups in total. The van der Waals surface area contributed by atoms with Gasteiger partial charge in [-0.2, -0.15) is 0 Å². The molecule has 2 nitrogen and oxygen atoms in total. The van der Waals surface area contributed by atoms with Crippen LogP contribution in [0.1, 0.15) is 18.1 Å². The van der Waals surface area contributed by atoms with E-state index in [2.05, 4.69) is 80.5 Å². The van der Waals surface area contributed by atoms with Gasteiger partial charge in [0.2, 0.25) is 0 Å². The minimum atomic E-state index is 0.651. The fourth-order valence-corrected chi connectivity index (χ4v) is 3.38. The lowest BCUT2D eigenvalue weighted by atomic mass is 10.2. The van der Waals surface area contributed by atoms with Gasteiger partial charge in [-0.1, -0.05) is 17.7 Å². The Kier molecular flexibility index (Phi) is 5.49. The van der Waals surface area contributed by atoms with Gasteiger partial charge >= 0.3 is 0 Å². The number of benzene rings is 2. The first-order valence-corrected chi connectivity index (χ1v) is 8.10. The van der Waals surface area contributed by atoms with Crippen LogP contribution in [-0.2, 0) is 6.54 Å². The lowest BCUT2D eigenvalue weighted by Crippen LogP contribution is -2.01. The summed E-state index contributed by atoms with van der Waals surface area (Å²) in [5.41, 5.74) is 3.58. The molecule has 0 saturated carbocycles. The van der Waals surface area contributed by atoms with Crippen LogP contribution in [0.2, 0.25) is 0 Å². The molecule has 0 aliphatic carbocycles. The lowest BCUT2D eigenvalue weighted by Gasteiger charge is -2.12. The number of rotatable bonds is 5. The maximum Gasteiger partial charge on any atom is 0.147 e. The molecular formula is C16H17Br2NO. The smallest absolute Gasteiger partial charge is 0.147 e. The number of anilines is 1. The van der Waals surface area contributed by atoms with Gasteiger partial charge in [0.05, 0.1) is 15.6 Å². The van der Waals surface area contributed by atoms with Gasteiger partial charge in [-0.15, -0.1) is 0 Å². The molecule has 0 aliphatic rings. The summed E-state index contributed by atoms with van der Waals surface area (Å²) in [6, 6.07) is 12.6. The summed E-state index contributed by atoms with van der Waals surface area (Å²) in [6.07, 6.45) is 0. The van der Waals surface area contributed by atoms with E-state index in [-0.39, 0.29) is 0 Å². The summed E-state index contributed by atoms with van der Waals surface area (Å²) in [5, 5.41) is 3.41. The van der Waals surface area contributed by atoms with Gasteiger partial charge in [0.25, 0.3) is 0 Å². The predicted octanol–water partition coefficient (Wildman–Crippen LogP) is 5.53. The second-order valence-corrected chi connectivity index (χ2v) is 6.25. The summed E-state index contributed by atoms with van der Waals surface area (Å²) in [4.78, 5) is 0. The third-order valence-corrected chi connectivity index (χ3v) is 4.07. The second kappa shape index (κ2) is 7.14. The molecule has 0 heterocycles. The Bertz CT molecular complexity index is 559. The van der Waals surface area contributed by atoms with Crippen molar-refractivity contribution in [2.24, 2.45) is 0 Å². The van der Waals surface area contributed by atoms with Crippen molar-refractivity contribution in [3.05, 3.63) is 56.5 Å². The van der Waals surface area contributed by atoms with Crippen LogP contribution in [0.5, 0.6) is 5.75 Å². The van der Waals surface area contributed by atoms with Crippen LogP contribution in [0.4, 0.5) is 5.69 Å². The summed E-state index contributed by atoms with van der Waals surface area (Å²) < 4.78 is 7.52. The minimum Gasteiger partial charge on any atom is -0.492 e. The van der Waals surface area contributed by atoms with E-state index < -0.39 is 0 Å². The Balaban J connectivity index is 2.08. The molecule has 0 radical (unpaired) electrons. The number of halogens is 2. The Hall–Kier alpha value is -1.00. The van der Waals surface area contributed by atoms with E-state index in [0.29, 0.717) is 6.61 Å². The quantitative estimate of drug-likeness (QED) is 0.714. The third kappa shape index (κ3) is 4.00. The van der Waals surface area contributed by atoms with E-state index in [1.165, 1.54) is 11.1 Å². The number of hydrogen-bond acceptors (Lipinski definition) is 2. The fourth-order valence-electron chi connectivity index (χ4n) is 1.87. The number of ether oxygens (including phenoxy) is 1. The topological polar surface area (TPSA) is 21.3 Å². The van der Waals surface area contributed by atoms with Crippen LogP contribution in [0.25, 0.3) is 0 Å². The highest BCUT2D eigenvalue weighted by Crippen LogP contribution is 2.34. The average Bonchev–Trinajstić information content (AvgIpc) is 2.42. The van der Waals surface area contributed by atoms with Crippen molar-refractivity contribution in [2.75, 3.05) is 11.9 Å². The maximum atomic E-state index is 5.58. The van der Waals surface area contributed by atoms with Crippen LogP contribution in [0.15, 0.2) is 45.3 Å². The van der Waals surface area contributed by atoms with E-state index in [0.717, 1.165) is 26.9 Å². The fraction of sp³-hybridized carbons (Fsp3) is 0.250. The molecule has 0 atom stereocenters. The molecule has 0 bridgehead atoms. The van der Waals surface area contributed by atoms with Crippen LogP contribution < -0.4 is 10.1 Å². The van der Waals surface area contributed by atoms with Gasteiger partial charge < -0.3 is 10.1 Å². The van der Waals surface area contributed by atoms with Gasteiger partial charge in [0.15, 0.2) is 0 Å². The lowest BCUT2D eigenvalue weighted by molar-refractivity contribution is 0.336. The number of hydrogen-bond donors (Lipinski definition) is 1. The van der Waals surface area contributed by atoms with Crippen LogP contribution in [-0.4, -0.2) is 6.61 Å². The van der Waals surface area contributed by atoms with Crippen molar-refractivity contribution in [1.82, 2.24) is 0 Å². The first-order chi connectivity index (χ1) is 9.60. The minimum absolute atomic E-state index is 0.651. The Morgan fingerprint density at radius 1 is 1.05 bits per heavy atom. The standard InChI is InChI=1S/C16H17Br2NO/c1-3-20-16-14(17)8-12(9-15(16)18)10-19-13-6-4-11(2)5-7-13/h4-9,19H,3,10H2,1-2H3. The molecule has 4 heteroatoms. The molecule has 0 unspecified atom stereocenters.